The number of sulfonamides is 1. The third kappa shape index (κ3) is 5.86. The molecule has 7 N–H and O–H groups in total. The number of amidine groups is 1. The second kappa shape index (κ2) is 10.3. The highest BCUT2D eigenvalue weighted by atomic mass is 32.2. The first-order valence-corrected chi connectivity index (χ1v) is 12.7. The molecule has 9 nitrogen and oxygen atoms in total. The van der Waals surface area contributed by atoms with Crippen molar-refractivity contribution in [2.45, 2.75) is 17.4 Å². The first kappa shape index (κ1) is 24.4. The summed E-state index contributed by atoms with van der Waals surface area (Å²) in [7, 11) is -3.86. The van der Waals surface area contributed by atoms with E-state index in [-0.39, 0.29) is 29.1 Å². The van der Waals surface area contributed by atoms with Crippen LogP contribution < -0.4 is 26.4 Å². The molecule has 182 valence electrons. The van der Waals surface area contributed by atoms with Gasteiger partial charge in [-0.1, -0.05) is 42.5 Å². The van der Waals surface area contributed by atoms with Crippen molar-refractivity contribution in [3.05, 3.63) is 78.4 Å². The lowest BCUT2D eigenvalue weighted by molar-refractivity contribution is -0.116. The van der Waals surface area contributed by atoms with Crippen molar-refractivity contribution in [1.82, 2.24) is 5.32 Å². The Morgan fingerprint density at radius 1 is 1.09 bits per heavy atom. The normalized spacial score (nSPS) is 16.0. The maximum Gasteiger partial charge on any atom is 0.238 e. The monoisotopic (exact) mass is 492 g/mol. The Morgan fingerprint density at radius 2 is 1.83 bits per heavy atom. The van der Waals surface area contributed by atoms with E-state index < -0.39 is 10.0 Å². The molecule has 3 aromatic rings. The van der Waals surface area contributed by atoms with Crippen LogP contribution in [0.3, 0.4) is 0 Å². The predicted molar refractivity (Wildman–Crippen MR) is 138 cm³/mol. The Bertz CT molecular complexity index is 1340. The fraction of sp³-hybridized carbons (Fsp3) is 0.200. The number of anilines is 2. The SMILES string of the molecule is N=C(N)c1cccc(N2CCNCC2CC(=O)Nc2ccc(-c3ccccc3S(N)(=O)=O)cc2)c1. The number of hydrogen-bond donors (Lipinski definition) is 5. The van der Waals surface area contributed by atoms with Crippen molar-refractivity contribution < 1.29 is 13.2 Å². The summed E-state index contributed by atoms with van der Waals surface area (Å²) in [6.07, 6.45) is 0.271. The lowest BCUT2D eigenvalue weighted by Crippen LogP contribution is -2.52. The maximum absolute atomic E-state index is 12.9. The maximum atomic E-state index is 12.9. The summed E-state index contributed by atoms with van der Waals surface area (Å²) >= 11 is 0. The molecular formula is C25H28N6O3S. The van der Waals surface area contributed by atoms with Gasteiger partial charge in [-0.25, -0.2) is 13.6 Å². The van der Waals surface area contributed by atoms with Gasteiger partial charge in [0.15, 0.2) is 0 Å². The molecule has 0 radical (unpaired) electrons. The quantitative estimate of drug-likeness (QED) is 0.251. The van der Waals surface area contributed by atoms with Crippen LogP contribution in [0.4, 0.5) is 11.4 Å². The number of nitrogen functional groups attached to an aromatic ring is 1. The molecule has 0 saturated carbocycles. The number of hydrogen-bond acceptors (Lipinski definition) is 6. The molecule has 1 saturated heterocycles. The summed E-state index contributed by atoms with van der Waals surface area (Å²) in [5.41, 5.74) is 9.01. The molecule has 3 aromatic carbocycles. The first-order valence-electron chi connectivity index (χ1n) is 11.2. The molecule has 10 heteroatoms. The molecule has 0 spiro atoms. The van der Waals surface area contributed by atoms with E-state index in [1.807, 2.05) is 18.2 Å². The van der Waals surface area contributed by atoms with Crippen LogP contribution in [0.5, 0.6) is 0 Å². The van der Waals surface area contributed by atoms with Crippen LogP contribution >= 0.6 is 0 Å². The van der Waals surface area contributed by atoms with Gasteiger partial charge in [0.1, 0.15) is 5.84 Å². The van der Waals surface area contributed by atoms with Crippen molar-refractivity contribution >= 4 is 33.1 Å². The fourth-order valence-electron chi connectivity index (χ4n) is 4.25. The van der Waals surface area contributed by atoms with E-state index in [2.05, 4.69) is 15.5 Å². The van der Waals surface area contributed by atoms with Crippen LogP contribution in [0.2, 0.25) is 0 Å². The number of piperazine rings is 1. The summed E-state index contributed by atoms with van der Waals surface area (Å²) in [4.78, 5) is 15.1. The Hall–Kier alpha value is -3.73. The lowest BCUT2D eigenvalue weighted by Gasteiger charge is -2.38. The van der Waals surface area contributed by atoms with E-state index in [1.165, 1.54) is 6.07 Å². The Kier molecular flexibility index (Phi) is 7.15. The highest BCUT2D eigenvalue weighted by Gasteiger charge is 2.25. The van der Waals surface area contributed by atoms with E-state index in [4.69, 9.17) is 16.3 Å². The molecule has 1 atom stereocenters. The smallest absolute Gasteiger partial charge is 0.238 e. The highest BCUT2D eigenvalue weighted by Crippen LogP contribution is 2.28. The van der Waals surface area contributed by atoms with Crippen LogP contribution in [0.1, 0.15) is 12.0 Å². The van der Waals surface area contributed by atoms with Gasteiger partial charge in [0, 0.05) is 48.6 Å². The molecular weight excluding hydrogens is 464 g/mol. The summed E-state index contributed by atoms with van der Waals surface area (Å²) in [5, 5.41) is 19.3. The molecule has 0 aromatic heterocycles. The van der Waals surface area contributed by atoms with Crippen molar-refractivity contribution in [3.63, 3.8) is 0 Å². The third-order valence-electron chi connectivity index (χ3n) is 5.93. The number of nitrogens with two attached hydrogens (primary N) is 2. The molecule has 1 heterocycles. The minimum atomic E-state index is -3.86. The van der Waals surface area contributed by atoms with Gasteiger partial charge in [0.25, 0.3) is 0 Å². The van der Waals surface area contributed by atoms with E-state index >= 15 is 0 Å². The highest BCUT2D eigenvalue weighted by molar-refractivity contribution is 7.89. The number of benzene rings is 3. The number of carbonyl (C=O) groups excluding carboxylic acids is 1. The molecule has 1 aliphatic rings. The van der Waals surface area contributed by atoms with Gasteiger partial charge in [0.05, 0.1) is 10.9 Å². The second-order valence-corrected chi connectivity index (χ2v) is 9.92. The molecule has 1 unspecified atom stereocenters. The number of rotatable bonds is 7. The number of nitrogens with one attached hydrogen (secondary N) is 3. The van der Waals surface area contributed by atoms with E-state index in [9.17, 15) is 13.2 Å². The number of carbonyl (C=O) groups is 1. The van der Waals surface area contributed by atoms with E-state index in [1.54, 1.807) is 48.5 Å². The van der Waals surface area contributed by atoms with Crippen LogP contribution in [-0.2, 0) is 14.8 Å². The van der Waals surface area contributed by atoms with Crippen LogP contribution in [0.15, 0.2) is 77.7 Å². The van der Waals surface area contributed by atoms with Crippen molar-refractivity contribution in [2.24, 2.45) is 10.9 Å². The Balaban J connectivity index is 1.46. The second-order valence-electron chi connectivity index (χ2n) is 8.39. The van der Waals surface area contributed by atoms with Crippen molar-refractivity contribution in [3.8, 4) is 11.1 Å². The molecule has 0 bridgehead atoms. The number of amides is 1. The van der Waals surface area contributed by atoms with Gasteiger partial charge in [-0.15, -0.1) is 0 Å². The molecule has 1 aliphatic heterocycles. The Labute approximate surface area is 204 Å². The lowest BCUT2D eigenvalue weighted by atomic mass is 10.0. The van der Waals surface area contributed by atoms with Crippen LogP contribution in [-0.4, -0.2) is 45.8 Å². The Morgan fingerprint density at radius 3 is 2.54 bits per heavy atom. The zero-order valence-corrected chi connectivity index (χ0v) is 19.9. The minimum Gasteiger partial charge on any atom is -0.384 e. The van der Waals surface area contributed by atoms with E-state index in [0.29, 0.717) is 28.9 Å². The summed E-state index contributed by atoms with van der Waals surface area (Å²) < 4.78 is 23.8. The average molecular weight is 493 g/mol. The zero-order chi connectivity index (χ0) is 25.0. The molecule has 1 fully saturated rings. The standard InChI is InChI=1S/C25H28N6O3S/c26-25(27)18-4-3-5-20(14-18)31-13-12-29-16-21(31)15-24(32)30-19-10-8-17(9-11-19)22-6-1-2-7-23(22)35(28,33)34/h1-11,14,21,29H,12-13,15-16H2,(H3,26,27)(H,30,32)(H2,28,33,34). The molecule has 35 heavy (non-hydrogen) atoms. The molecule has 1 amide bonds. The van der Waals surface area contributed by atoms with E-state index in [0.717, 1.165) is 18.8 Å². The average Bonchev–Trinajstić information content (AvgIpc) is 2.84. The first-order chi connectivity index (χ1) is 16.7. The molecule has 4 rings (SSSR count). The van der Waals surface area contributed by atoms with Crippen molar-refractivity contribution in [2.75, 3.05) is 29.9 Å². The zero-order valence-electron chi connectivity index (χ0n) is 19.1. The van der Waals surface area contributed by atoms with Gasteiger partial charge in [0.2, 0.25) is 15.9 Å². The van der Waals surface area contributed by atoms with Gasteiger partial charge < -0.3 is 21.3 Å². The van der Waals surface area contributed by atoms with Crippen LogP contribution in [0, 0.1) is 5.41 Å². The van der Waals surface area contributed by atoms with Crippen molar-refractivity contribution in [1.29, 1.82) is 5.41 Å². The largest absolute Gasteiger partial charge is 0.384 e. The molecule has 0 aliphatic carbocycles. The summed E-state index contributed by atoms with van der Waals surface area (Å²) in [6.45, 7) is 2.18. The van der Waals surface area contributed by atoms with Gasteiger partial charge >= 0.3 is 0 Å². The fourth-order valence-corrected chi connectivity index (χ4v) is 5.01. The van der Waals surface area contributed by atoms with Crippen LogP contribution in [0.25, 0.3) is 11.1 Å². The van der Waals surface area contributed by atoms with Gasteiger partial charge in [-0.3, -0.25) is 10.2 Å². The summed E-state index contributed by atoms with van der Waals surface area (Å²) in [5.74, 6) is -0.129. The predicted octanol–water partition coefficient (Wildman–Crippen LogP) is 2.09. The topological polar surface area (TPSA) is 154 Å². The third-order valence-corrected chi connectivity index (χ3v) is 6.90. The van der Waals surface area contributed by atoms with Gasteiger partial charge in [-0.05, 0) is 35.9 Å². The number of nitrogens with zero attached hydrogens (tertiary/aromatic N) is 1. The summed E-state index contributed by atoms with van der Waals surface area (Å²) in [6, 6.07) is 20.9. The minimum absolute atomic E-state index is 0.00594. The number of primary sulfonamides is 1. The van der Waals surface area contributed by atoms with Gasteiger partial charge in [-0.2, -0.15) is 0 Å².